The lowest BCUT2D eigenvalue weighted by Gasteiger charge is -2.36. The third-order valence-corrected chi connectivity index (χ3v) is 8.44. The molecule has 3 aromatic rings. The minimum atomic E-state index is -0.890. The van der Waals surface area contributed by atoms with Gasteiger partial charge < -0.3 is 9.30 Å². The van der Waals surface area contributed by atoms with Gasteiger partial charge in [-0.05, 0) is 50.0 Å². The Kier molecular flexibility index (Phi) is 6.61. The van der Waals surface area contributed by atoms with E-state index in [0.717, 1.165) is 67.3 Å². The standard InChI is InChI=1S/C31H34N8O/c1-23-21-37(22-34-23)26-14-12-24(20-27(26)40-4)13-15-28-35-29-30(32-2,16-8-19-39(29)36-28)31(33-3)17-9-18-38(31)25-10-6-5-7-11-25/h2-3,5-7,10,12-15,20-22,25H,8-9,11,16-19H2,1,4H3/q+2/b15-13+/t25?,30-,31-/m0/s1. The van der Waals surface area contributed by atoms with E-state index in [1.807, 2.05) is 52.7 Å². The van der Waals surface area contributed by atoms with Crippen molar-refractivity contribution in [2.45, 2.75) is 62.8 Å². The molecule has 9 nitrogen and oxygen atoms in total. The molecule has 0 radical (unpaired) electrons. The molecular weight excluding hydrogens is 500 g/mol. The van der Waals surface area contributed by atoms with Crippen molar-refractivity contribution in [1.29, 1.82) is 0 Å². The zero-order valence-corrected chi connectivity index (χ0v) is 23.0. The summed E-state index contributed by atoms with van der Waals surface area (Å²) in [5.74, 6) is 2.06. The zero-order valence-electron chi connectivity index (χ0n) is 23.0. The van der Waals surface area contributed by atoms with E-state index >= 15 is 0 Å². The van der Waals surface area contributed by atoms with E-state index in [-0.39, 0.29) is 6.04 Å². The van der Waals surface area contributed by atoms with E-state index in [4.69, 9.17) is 28.0 Å². The van der Waals surface area contributed by atoms with Crippen LogP contribution in [0.25, 0.3) is 27.5 Å². The van der Waals surface area contributed by atoms with Crippen molar-refractivity contribution < 1.29 is 4.74 Å². The third kappa shape index (κ3) is 4.06. The lowest BCUT2D eigenvalue weighted by Crippen LogP contribution is -2.60. The normalized spacial score (nSPS) is 26.1. The van der Waals surface area contributed by atoms with Crippen molar-refractivity contribution in [3.05, 3.63) is 87.6 Å². The Hall–Kier alpha value is -4.47. The largest absolute Gasteiger partial charge is 0.495 e. The molecule has 202 valence electrons. The predicted molar refractivity (Wildman–Crippen MR) is 157 cm³/mol. The van der Waals surface area contributed by atoms with Crippen LogP contribution < -0.4 is 4.74 Å². The summed E-state index contributed by atoms with van der Waals surface area (Å²) in [5.41, 5.74) is 1.15. The second-order valence-corrected chi connectivity index (χ2v) is 10.7. The Bertz CT molecular complexity index is 1600. The van der Waals surface area contributed by atoms with E-state index in [9.17, 15) is 0 Å². The van der Waals surface area contributed by atoms with Crippen LogP contribution in [0.5, 0.6) is 5.75 Å². The van der Waals surface area contributed by atoms with Crippen molar-refractivity contribution in [2.75, 3.05) is 13.7 Å². The number of benzene rings is 1. The van der Waals surface area contributed by atoms with Crippen molar-refractivity contribution in [3.63, 3.8) is 0 Å². The lowest BCUT2D eigenvalue weighted by atomic mass is 9.76. The number of methoxy groups -OCH3 is 1. The molecule has 0 bridgehead atoms. The Morgan fingerprint density at radius 3 is 2.70 bits per heavy atom. The second kappa shape index (κ2) is 10.3. The lowest BCUT2D eigenvalue weighted by molar-refractivity contribution is 0.0650. The van der Waals surface area contributed by atoms with E-state index in [1.165, 1.54) is 0 Å². The second-order valence-electron chi connectivity index (χ2n) is 10.7. The average Bonchev–Trinajstić information content (AvgIpc) is 3.74. The monoisotopic (exact) mass is 534 g/mol. The number of hydrogen-bond donors (Lipinski definition) is 0. The Labute approximate surface area is 234 Å². The Balaban J connectivity index is 1.34. The summed E-state index contributed by atoms with van der Waals surface area (Å²) in [6.07, 6.45) is 20.4. The molecule has 1 fully saturated rings. The van der Waals surface area contributed by atoms with Crippen LogP contribution in [0.4, 0.5) is 0 Å². The number of rotatable bonds is 6. The van der Waals surface area contributed by atoms with Gasteiger partial charge in [-0.1, -0.05) is 46.1 Å². The highest BCUT2D eigenvalue weighted by Gasteiger charge is 2.78. The summed E-state index contributed by atoms with van der Waals surface area (Å²) in [4.78, 5) is 20.8. The maximum atomic E-state index is 6.29. The van der Waals surface area contributed by atoms with Crippen molar-refractivity contribution in [3.8, 4) is 24.6 Å². The van der Waals surface area contributed by atoms with E-state index in [1.54, 1.807) is 13.4 Å². The SMILES string of the molecule is C#[N+][C@@]1([C@]2([N+]#C)CCCN2C2C=CC=CC2)CCCn2nc(/C=C/c3ccc(-n4cnc(C)c4)c(OC)c3)nc21. The number of hydrogen-bond acceptors (Lipinski definition) is 5. The van der Waals surface area contributed by atoms with Crippen LogP contribution in [0.3, 0.4) is 0 Å². The molecule has 1 aromatic carbocycles. The van der Waals surface area contributed by atoms with Gasteiger partial charge in [-0.15, -0.1) is 0 Å². The highest BCUT2D eigenvalue weighted by atomic mass is 16.5. The number of fused-ring (bicyclic) bond motifs is 1. The molecule has 3 aliphatic rings. The summed E-state index contributed by atoms with van der Waals surface area (Å²) in [6.45, 7) is 16.1. The number of likely N-dealkylation sites (tertiary alicyclic amines) is 1. The van der Waals surface area contributed by atoms with Crippen LogP contribution in [0.15, 0.2) is 55.0 Å². The van der Waals surface area contributed by atoms with Gasteiger partial charge in [0, 0.05) is 25.3 Å². The molecule has 9 heteroatoms. The molecule has 0 amide bonds. The molecule has 1 unspecified atom stereocenters. The number of allylic oxidation sites excluding steroid dienone is 2. The summed E-state index contributed by atoms with van der Waals surface area (Å²) in [5, 5.41) is 4.83. The maximum Gasteiger partial charge on any atom is 0.432 e. The summed E-state index contributed by atoms with van der Waals surface area (Å²) < 4.78 is 9.56. The fourth-order valence-corrected chi connectivity index (χ4v) is 6.58. The minimum Gasteiger partial charge on any atom is -0.495 e. The van der Waals surface area contributed by atoms with Crippen molar-refractivity contribution in [1.82, 2.24) is 29.2 Å². The van der Waals surface area contributed by atoms with Gasteiger partial charge in [-0.2, -0.15) is 5.10 Å². The van der Waals surface area contributed by atoms with Crippen LogP contribution in [0.2, 0.25) is 0 Å². The minimum absolute atomic E-state index is 0.181. The summed E-state index contributed by atoms with van der Waals surface area (Å²) in [6, 6.07) is 6.21. The molecule has 3 atom stereocenters. The fraction of sp³-hybridized carbons (Fsp3) is 0.387. The van der Waals surface area contributed by atoms with Crippen LogP contribution >= 0.6 is 0 Å². The average molecular weight is 535 g/mol. The zero-order chi connectivity index (χ0) is 27.7. The predicted octanol–water partition coefficient (Wildman–Crippen LogP) is 5.54. The first kappa shape index (κ1) is 25.8. The molecular formula is C31H34N8O+2. The van der Waals surface area contributed by atoms with Gasteiger partial charge in [-0.25, -0.2) is 19.5 Å². The molecule has 0 saturated carbocycles. The fourth-order valence-electron chi connectivity index (χ4n) is 6.58. The first-order valence-corrected chi connectivity index (χ1v) is 13.8. The third-order valence-electron chi connectivity index (χ3n) is 8.44. The quantitative estimate of drug-likeness (QED) is 0.415. The van der Waals surface area contributed by atoms with Gasteiger partial charge in [0.1, 0.15) is 5.75 Å². The van der Waals surface area contributed by atoms with Gasteiger partial charge in [0.05, 0.1) is 37.7 Å². The topological polar surface area (TPSA) is 69.7 Å². The number of ether oxygens (including phenoxy) is 1. The number of aryl methyl sites for hydroxylation is 2. The molecule has 0 N–H and O–H groups in total. The van der Waals surface area contributed by atoms with E-state index in [2.05, 4.69) is 43.9 Å². The van der Waals surface area contributed by atoms with Gasteiger partial charge in [0.2, 0.25) is 5.82 Å². The smallest absolute Gasteiger partial charge is 0.432 e. The van der Waals surface area contributed by atoms with Crippen molar-refractivity contribution >= 4 is 12.2 Å². The van der Waals surface area contributed by atoms with E-state index in [0.29, 0.717) is 12.2 Å². The molecule has 1 saturated heterocycles. The molecule has 2 aromatic heterocycles. The van der Waals surface area contributed by atoms with Crippen LogP contribution in [-0.2, 0) is 12.1 Å². The molecule has 4 heterocycles. The molecule has 2 aliphatic heterocycles. The molecule has 6 rings (SSSR count). The molecule has 1 aliphatic carbocycles. The van der Waals surface area contributed by atoms with Gasteiger partial charge in [-0.3, -0.25) is 0 Å². The number of aromatic nitrogens is 5. The summed E-state index contributed by atoms with van der Waals surface area (Å²) >= 11 is 0. The highest BCUT2D eigenvalue weighted by Crippen LogP contribution is 2.53. The summed E-state index contributed by atoms with van der Waals surface area (Å²) in [7, 11) is 1.67. The van der Waals surface area contributed by atoms with Gasteiger partial charge >= 0.3 is 11.2 Å². The van der Waals surface area contributed by atoms with Crippen molar-refractivity contribution in [2.24, 2.45) is 0 Å². The first-order valence-electron chi connectivity index (χ1n) is 13.8. The van der Waals surface area contributed by atoms with E-state index < -0.39 is 11.2 Å². The van der Waals surface area contributed by atoms with Gasteiger partial charge in [0.25, 0.3) is 13.1 Å². The van der Waals surface area contributed by atoms with Crippen LogP contribution in [-0.4, -0.2) is 54.6 Å². The Morgan fingerprint density at radius 2 is 1.98 bits per heavy atom. The number of imidazole rings is 1. The number of nitrogens with zero attached hydrogens (tertiary/aromatic N) is 8. The highest BCUT2D eigenvalue weighted by molar-refractivity contribution is 5.69. The molecule has 0 spiro atoms. The maximum absolute atomic E-state index is 6.29. The first-order chi connectivity index (χ1) is 19.5. The van der Waals surface area contributed by atoms with Gasteiger partial charge in [0.15, 0.2) is 5.82 Å². The van der Waals surface area contributed by atoms with Crippen LogP contribution in [0, 0.1) is 20.1 Å². The Morgan fingerprint density at radius 1 is 1.10 bits per heavy atom. The van der Waals surface area contributed by atoms with Crippen LogP contribution in [0.1, 0.15) is 55.0 Å². The molecule has 40 heavy (non-hydrogen) atoms.